The Balaban J connectivity index is 1.53. The van der Waals surface area contributed by atoms with Crippen LogP contribution in [0.2, 0.25) is 0 Å². The zero-order chi connectivity index (χ0) is 17.3. The van der Waals surface area contributed by atoms with Crippen LogP contribution in [-0.4, -0.2) is 46.3 Å². The van der Waals surface area contributed by atoms with E-state index in [1.807, 2.05) is 18.3 Å². The normalized spacial score (nSPS) is 15.5. The average molecular weight is 365 g/mol. The third-order valence-electron chi connectivity index (χ3n) is 4.62. The fourth-order valence-electron chi connectivity index (χ4n) is 3.28. The molecule has 0 amide bonds. The maximum Gasteiger partial charge on any atom is 0.228 e. The Kier molecular flexibility index (Phi) is 3.91. The maximum atomic E-state index is 4.86. The van der Waals surface area contributed by atoms with Crippen LogP contribution in [0.4, 0.5) is 17.5 Å². The van der Waals surface area contributed by atoms with Gasteiger partial charge in [0.1, 0.15) is 0 Å². The van der Waals surface area contributed by atoms with Gasteiger partial charge in [-0.1, -0.05) is 0 Å². The number of aromatic amines is 1. The molecule has 0 spiro atoms. The molecule has 3 N–H and O–H groups in total. The van der Waals surface area contributed by atoms with Crippen LogP contribution in [-0.2, 0) is 0 Å². The molecule has 1 aliphatic rings. The molecule has 5 rings (SSSR count). The van der Waals surface area contributed by atoms with E-state index >= 15 is 0 Å². The van der Waals surface area contributed by atoms with Crippen LogP contribution in [0, 0.1) is 0 Å². The van der Waals surface area contributed by atoms with Crippen LogP contribution in [0.25, 0.3) is 21.1 Å². The van der Waals surface area contributed by atoms with Gasteiger partial charge in [0.25, 0.3) is 0 Å². The highest BCUT2D eigenvalue weighted by Gasteiger charge is 2.16. The molecule has 3 aromatic heterocycles. The van der Waals surface area contributed by atoms with Crippen molar-refractivity contribution >= 4 is 49.9 Å². The lowest BCUT2D eigenvalue weighted by Crippen LogP contribution is -2.29. The monoisotopic (exact) mass is 365 g/mol. The Morgan fingerprint density at radius 2 is 2.12 bits per heavy atom. The Hall–Kier alpha value is -2.71. The molecule has 7 nitrogen and oxygen atoms in total. The fraction of sp³-hybridized carbons (Fsp3) is 0.278. The molecular formula is C18H19N7S. The van der Waals surface area contributed by atoms with Gasteiger partial charge in [-0.25, -0.2) is 4.98 Å². The average Bonchev–Trinajstić information content (AvgIpc) is 3.24. The first-order valence-electron chi connectivity index (χ1n) is 8.78. The van der Waals surface area contributed by atoms with E-state index in [1.165, 1.54) is 0 Å². The van der Waals surface area contributed by atoms with Crippen LogP contribution in [0.5, 0.6) is 0 Å². The Labute approximate surface area is 154 Å². The number of hydrogen-bond acceptors (Lipinski definition) is 7. The zero-order valence-corrected chi connectivity index (χ0v) is 15.0. The highest BCUT2D eigenvalue weighted by molar-refractivity contribution is 7.17. The largest absolute Gasteiger partial charge is 0.339 e. The summed E-state index contributed by atoms with van der Waals surface area (Å²) in [5.41, 5.74) is 3.01. The Morgan fingerprint density at radius 1 is 1.12 bits per heavy atom. The summed E-state index contributed by atoms with van der Waals surface area (Å²) in [5.74, 6) is 1.66. The van der Waals surface area contributed by atoms with Crippen molar-refractivity contribution in [3.63, 3.8) is 0 Å². The molecule has 0 atom stereocenters. The standard InChI is InChI=1S/C18H19N7S/c1-5-19-6-8-25(7-1)18-22-15-4-9-26-16(15)17(23-18)21-13-2-3-14-12(10-13)11-20-24-14/h2-4,9-11,19H,1,5-8H2,(H,20,24)(H,21,22,23). The number of benzene rings is 1. The van der Waals surface area contributed by atoms with Gasteiger partial charge in [0, 0.05) is 30.7 Å². The predicted octanol–water partition coefficient (Wildman–Crippen LogP) is 3.11. The van der Waals surface area contributed by atoms with Crippen molar-refractivity contribution < 1.29 is 0 Å². The third-order valence-corrected chi connectivity index (χ3v) is 5.53. The first-order chi connectivity index (χ1) is 12.9. The van der Waals surface area contributed by atoms with E-state index < -0.39 is 0 Å². The molecule has 1 aromatic carbocycles. The number of fused-ring (bicyclic) bond motifs is 2. The van der Waals surface area contributed by atoms with E-state index in [2.05, 4.69) is 43.2 Å². The van der Waals surface area contributed by atoms with Crippen molar-refractivity contribution in [2.45, 2.75) is 6.42 Å². The van der Waals surface area contributed by atoms with Crippen LogP contribution in [0.15, 0.2) is 35.8 Å². The number of nitrogens with zero attached hydrogens (tertiary/aromatic N) is 4. The predicted molar refractivity (Wildman–Crippen MR) is 106 cm³/mol. The molecule has 8 heteroatoms. The van der Waals surface area contributed by atoms with Crippen molar-refractivity contribution in [1.29, 1.82) is 0 Å². The minimum atomic E-state index is 0.798. The van der Waals surface area contributed by atoms with Crippen molar-refractivity contribution in [2.24, 2.45) is 0 Å². The van der Waals surface area contributed by atoms with E-state index in [4.69, 9.17) is 9.97 Å². The molecule has 0 aliphatic carbocycles. The first kappa shape index (κ1) is 15.5. The topological polar surface area (TPSA) is 81.8 Å². The van der Waals surface area contributed by atoms with Crippen LogP contribution >= 0.6 is 11.3 Å². The molecular weight excluding hydrogens is 346 g/mol. The lowest BCUT2D eigenvalue weighted by Gasteiger charge is -2.20. The summed E-state index contributed by atoms with van der Waals surface area (Å²) in [4.78, 5) is 11.9. The van der Waals surface area contributed by atoms with Gasteiger partial charge in [0.15, 0.2) is 5.82 Å². The molecule has 0 radical (unpaired) electrons. The van der Waals surface area contributed by atoms with Gasteiger partial charge in [-0.2, -0.15) is 10.1 Å². The van der Waals surface area contributed by atoms with E-state index in [9.17, 15) is 0 Å². The van der Waals surface area contributed by atoms with Gasteiger partial charge >= 0.3 is 0 Å². The van der Waals surface area contributed by atoms with Crippen LogP contribution < -0.4 is 15.5 Å². The van der Waals surface area contributed by atoms with Crippen molar-refractivity contribution in [3.05, 3.63) is 35.8 Å². The molecule has 0 saturated carbocycles. The maximum absolute atomic E-state index is 4.86. The quantitative estimate of drug-likeness (QED) is 0.518. The van der Waals surface area contributed by atoms with E-state index in [-0.39, 0.29) is 0 Å². The lowest BCUT2D eigenvalue weighted by atomic mass is 10.2. The molecule has 1 saturated heterocycles. The summed E-state index contributed by atoms with van der Waals surface area (Å²) < 4.78 is 1.08. The number of rotatable bonds is 3. The molecule has 0 unspecified atom stereocenters. The minimum absolute atomic E-state index is 0.798. The number of nitrogens with one attached hydrogen (secondary N) is 3. The second-order valence-electron chi connectivity index (χ2n) is 6.39. The number of aromatic nitrogens is 4. The van der Waals surface area contributed by atoms with Crippen LogP contribution in [0.3, 0.4) is 0 Å². The molecule has 1 aliphatic heterocycles. The summed E-state index contributed by atoms with van der Waals surface area (Å²) in [6.07, 6.45) is 2.93. The van der Waals surface area contributed by atoms with Gasteiger partial charge in [-0.15, -0.1) is 11.3 Å². The van der Waals surface area contributed by atoms with Crippen LogP contribution in [0.1, 0.15) is 6.42 Å². The van der Waals surface area contributed by atoms with Gasteiger partial charge in [-0.3, -0.25) is 5.10 Å². The van der Waals surface area contributed by atoms with Gasteiger partial charge in [-0.05, 0) is 42.6 Å². The smallest absolute Gasteiger partial charge is 0.228 e. The highest BCUT2D eigenvalue weighted by Crippen LogP contribution is 2.31. The SMILES string of the molecule is c1cc2nc(N3CCCNCC3)nc(Nc3ccc4[nH]ncc4c3)c2s1. The van der Waals surface area contributed by atoms with Crippen molar-refractivity contribution in [2.75, 3.05) is 36.4 Å². The van der Waals surface area contributed by atoms with E-state index in [0.29, 0.717) is 0 Å². The van der Waals surface area contributed by atoms with Crippen molar-refractivity contribution in [3.8, 4) is 0 Å². The van der Waals surface area contributed by atoms with E-state index in [0.717, 1.165) is 71.2 Å². The zero-order valence-electron chi connectivity index (χ0n) is 14.2. The Bertz CT molecular complexity index is 1050. The summed E-state index contributed by atoms with van der Waals surface area (Å²) in [7, 11) is 0. The number of thiophene rings is 1. The molecule has 4 aromatic rings. The second-order valence-corrected chi connectivity index (χ2v) is 7.31. The molecule has 132 valence electrons. The molecule has 0 bridgehead atoms. The number of H-pyrrole nitrogens is 1. The lowest BCUT2D eigenvalue weighted by molar-refractivity contribution is 0.724. The number of hydrogen-bond donors (Lipinski definition) is 3. The molecule has 26 heavy (non-hydrogen) atoms. The van der Waals surface area contributed by atoms with Gasteiger partial charge in [0.2, 0.25) is 5.95 Å². The first-order valence-corrected chi connectivity index (χ1v) is 9.66. The third kappa shape index (κ3) is 2.87. The number of anilines is 3. The van der Waals surface area contributed by atoms with E-state index in [1.54, 1.807) is 11.3 Å². The summed E-state index contributed by atoms with van der Waals surface area (Å²) >= 11 is 1.66. The van der Waals surface area contributed by atoms with Gasteiger partial charge in [0.05, 0.1) is 21.9 Å². The summed E-state index contributed by atoms with van der Waals surface area (Å²) in [6, 6.07) is 8.21. The molecule has 1 fully saturated rings. The highest BCUT2D eigenvalue weighted by atomic mass is 32.1. The Morgan fingerprint density at radius 3 is 3.12 bits per heavy atom. The second kappa shape index (κ2) is 6.54. The van der Waals surface area contributed by atoms with Gasteiger partial charge < -0.3 is 15.5 Å². The summed E-state index contributed by atoms with van der Waals surface area (Å²) in [6.45, 7) is 3.91. The fourth-order valence-corrected chi connectivity index (χ4v) is 4.06. The van der Waals surface area contributed by atoms with Crippen molar-refractivity contribution in [1.82, 2.24) is 25.5 Å². The minimum Gasteiger partial charge on any atom is -0.339 e. The summed E-state index contributed by atoms with van der Waals surface area (Å²) in [5, 5.41) is 17.1. The molecule has 4 heterocycles.